The van der Waals surface area contributed by atoms with Gasteiger partial charge in [-0.1, -0.05) is 12.1 Å². The van der Waals surface area contributed by atoms with Gasteiger partial charge in [0.25, 0.3) is 0 Å². The molecule has 0 aliphatic rings. The normalized spacial score (nSPS) is 10.2. The monoisotopic (exact) mass is 235 g/mol. The quantitative estimate of drug-likeness (QED) is 0.582. The van der Waals surface area contributed by atoms with E-state index in [1.165, 1.54) is 0 Å². The van der Waals surface area contributed by atoms with Gasteiger partial charge in [-0.2, -0.15) is 0 Å². The molecule has 1 rings (SSSR count). The molecule has 2 N–H and O–H groups in total. The lowest BCUT2D eigenvalue weighted by Gasteiger charge is -2.08. The van der Waals surface area contributed by atoms with Crippen molar-refractivity contribution in [3.63, 3.8) is 0 Å². The third kappa shape index (κ3) is 4.36. The van der Waals surface area contributed by atoms with Crippen LogP contribution in [0.1, 0.15) is 34.8 Å². The number of ketones is 1. The summed E-state index contributed by atoms with van der Waals surface area (Å²) in [5.74, 6) is -0.750. The summed E-state index contributed by atoms with van der Waals surface area (Å²) >= 11 is 0. The molecule has 4 nitrogen and oxygen atoms in total. The van der Waals surface area contributed by atoms with E-state index in [0.29, 0.717) is 18.7 Å². The van der Waals surface area contributed by atoms with Gasteiger partial charge in [-0.3, -0.25) is 9.59 Å². The Balaban J connectivity index is 2.54. The second kappa shape index (κ2) is 6.15. The van der Waals surface area contributed by atoms with Gasteiger partial charge in [0, 0.05) is 18.7 Å². The number of rotatable bonds is 6. The minimum absolute atomic E-state index is 0.0542. The molecule has 4 heteroatoms. The molecule has 0 spiro atoms. The smallest absolute Gasteiger partial charge is 0.304 e. The summed E-state index contributed by atoms with van der Waals surface area (Å²) in [7, 11) is 0. The first-order valence-electron chi connectivity index (χ1n) is 5.53. The molecule has 0 bridgehead atoms. The standard InChI is InChI=1S/C13H17NO3/c1-9-7-11(10(2)15)3-4-12(9)8-14-6-5-13(16)17/h3-4,7,14H,5-6,8H2,1-2H3,(H,16,17). The van der Waals surface area contributed by atoms with Gasteiger partial charge >= 0.3 is 5.97 Å². The van der Waals surface area contributed by atoms with Crippen LogP contribution >= 0.6 is 0 Å². The van der Waals surface area contributed by atoms with Crippen LogP contribution in [0.2, 0.25) is 0 Å². The van der Waals surface area contributed by atoms with Crippen LogP contribution in [0.3, 0.4) is 0 Å². The van der Waals surface area contributed by atoms with Crippen LogP contribution in [0.15, 0.2) is 18.2 Å². The van der Waals surface area contributed by atoms with E-state index < -0.39 is 5.97 Å². The Hall–Kier alpha value is -1.68. The number of hydrogen-bond donors (Lipinski definition) is 2. The van der Waals surface area contributed by atoms with E-state index >= 15 is 0 Å². The van der Waals surface area contributed by atoms with Crippen LogP contribution in [0.25, 0.3) is 0 Å². The third-order valence-corrected chi connectivity index (χ3v) is 2.58. The lowest BCUT2D eigenvalue weighted by Crippen LogP contribution is -2.18. The van der Waals surface area contributed by atoms with Gasteiger partial charge < -0.3 is 10.4 Å². The molecular formula is C13H17NO3. The van der Waals surface area contributed by atoms with Gasteiger partial charge in [0.05, 0.1) is 6.42 Å². The molecule has 92 valence electrons. The molecule has 0 aliphatic heterocycles. The molecule has 0 aliphatic carbocycles. The molecule has 0 radical (unpaired) electrons. The van der Waals surface area contributed by atoms with E-state index in [0.717, 1.165) is 11.1 Å². The Morgan fingerprint density at radius 3 is 2.59 bits per heavy atom. The minimum Gasteiger partial charge on any atom is -0.481 e. The van der Waals surface area contributed by atoms with Crippen LogP contribution in [-0.4, -0.2) is 23.4 Å². The van der Waals surface area contributed by atoms with Gasteiger partial charge in [0.15, 0.2) is 5.78 Å². The molecule has 0 saturated heterocycles. The van der Waals surface area contributed by atoms with Crippen molar-refractivity contribution in [1.82, 2.24) is 5.32 Å². The topological polar surface area (TPSA) is 66.4 Å². The Morgan fingerprint density at radius 2 is 2.06 bits per heavy atom. The van der Waals surface area contributed by atoms with Gasteiger partial charge in [0.2, 0.25) is 0 Å². The largest absolute Gasteiger partial charge is 0.481 e. The van der Waals surface area contributed by atoms with Gasteiger partial charge in [0.1, 0.15) is 0 Å². The Morgan fingerprint density at radius 1 is 1.35 bits per heavy atom. The van der Waals surface area contributed by atoms with Gasteiger partial charge in [-0.25, -0.2) is 0 Å². The average Bonchev–Trinajstić information content (AvgIpc) is 2.25. The predicted molar refractivity (Wildman–Crippen MR) is 65.1 cm³/mol. The SMILES string of the molecule is CC(=O)c1ccc(CNCCC(=O)O)c(C)c1. The first-order chi connectivity index (χ1) is 8.00. The summed E-state index contributed by atoms with van der Waals surface area (Å²) in [6.07, 6.45) is 0.116. The van der Waals surface area contributed by atoms with Crippen molar-refractivity contribution < 1.29 is 14.7 Å². The fourth-order valence-corrected chi connectivity index (χ4v) is 1.53. The molecule has 1 aromatic carbocycles. The van der Waals surface area contributed by atoms with Crippen molar-refractivity contribution in [1.29, 1.82) is 0 Å². The number of Topliss-reactive ketones (excluding diaryl/α,β-unsaturated/α-hetero) is 1. The number of hydrogen-bond acceptors (Lipinski definition) is 3. The highest BCUT2D eigenvalue weighted by atomic mass is 16.4. The Kier molecular flexibility index (Phi) is 4.84. The maximum atomic E-state index is 11.2. The van der Waals surface area contributed by atoms with Crippen molar-refractivity contribution in [2.24, 2.45) is 0 Å². The summed E-state index contributed by atoms with van der Waals surface area (Å²) in [5, 5.41) is 11.5. The number of carbonyl (C=O) groups is 2. The maximum Gasteiger partial charge on any atom is 0.304 e. The lowest BCUT2D eigenvalue weighted by atomic mass is 10.0. The lowest BCUT2D eigenvalue weighted by molar-refractivity contribution is -0.136. The van der Waals surface area contributed by atoms with Crippen LogP contribution in [0.5, 0.6) is 0 Å². The second-order valence-electron chi connectivity index (χ2n) is 4.02. The van der Waals surface area contributed by atoms with E-state index in [4.69, 9.17) is 5.11 Å². The number of aliphatic carboxylic acids is 1. The zero-order valence-electron chi connectivity index (χ0n) is 10.1. The summed E-state index contributed by atoms with van der Waals surface area (Å²) < 4.78 is 0. The number of aryl methyl sites for hydroxylation is 1. The zero-order chi connectivity index (χ0) is 12.8. The van der Waals surface area contributed by atoms with Crippen molar-refractivity contribution in [3.05, 3.63) is 34.9 Å². The van der Waals surface area contributed by atoms with Crippen LogP contribution < -0.4 is 5.32 Å². The van der Waals surface area contributed by atoms with E-state index in [2.05, 4.69) is 5.32 Å². The van der Waals surface area contributed by atoms with Crippen LogP contribution in [0.4, 0.5) is 0 Å². The Bertz CT molecular complexity index is 427. The zero-order valence-corrected chi connectivity index (χ0v) is 10.1. The second-order valence-corrected chi connectivity index (χ2v) is 4.02. The highest BCUT2D eigenvalue weighted by molar-refractivity contribution is 5.94. The van der Waals surface area contributed by atoms with Crippen LogP contribution in [-0.2, 0) is 11.3 Å². The average molecular weight is 235 g/mol. The van der Waals surface area contributed by atoms with E-state index in [1.54, 1.807) is 13.0 Å². The van der Waals surface area contributed by atoms with Crippen molar-refractivity contribution in [2.75, 3.05) is 6.54 Å². The number of benzene rings is 1. The van der Waals surface area contributed by atoms with E-state index in [1.807, 2.05) is 19.1 Å². The molecule has 0 aromatic heterocycles. The van der Waals surface area contributed by atoms with Crippen molar-refractivity contribution in [2.45, 2.75) is 26.8 Å². The minimum atomic E-state index is -0.804. The molecule has 0 saturated carbocycles. The molecule has 0 heterocycles. The maximum absolute atomic E-state index is 11.2. The Labute approximate surface area is 101 Å². The van der Waals surface area contributed by atoms with Gasteiger partial charge in [-0.05, 0) is 31.0 Å². The molecule has 0 amide bonds. The number of carboxylic acids is 1. The number of nitrogens with one attached hydrogen (secondary N) is 1. The molecule has 0 fully saturated rings. The number of carbonyl (C=O) groups excluding carboxylic acids is 1. The summed E-state index contributed by atoms with van der Waals surface area (Å²) in [6.45, 7) is 4.56. The van der Waals surface area contributed by atoms with E-state index in [-0.39, 0.29) is 12.2 Å². The fourth-order valence-electron chi connectivity index (χ4n) is 1.53. The molecular weight excluding hydrogens is 218 g/mol. The van der Waals surface area contributed by atoms with Crippen molar-refractivity contribution in [3.8, 4) is 0 Å². The summed E-state index contributed by atoms with van der Waals surface area (Å²) in [4.78, 5) is 21.5. The molecule has 0 unspecified atom stereocenters. The highest BCUT2D eigenvalue weighted by Crippen LogP contribution is 2.11. The summed E-state index contributed by atoms with van der Waals surface area (Å²) in [5.41, 5.74) is 2.83. The predicted octanol–water partition coefficient (Wildman–Crippen LogP) is 1.76. The van der Waals surface area contributed by atoms with Crippen molar-refractivity contribution >= 4 is 11.8 Å². The first kappa shape index (κ1) is 13.4. The molecule has 17 heavy (non-hydrogen) atoms. The molecule has 0 atom stereocenters. The fraction of sp³-hybridized carbons (Fsp3) is 0.385. The highest BCUT2D eigenvalue weighted by Gasteiger charge is 2.03. The first-order valence-corrected chi connectivity index (χ1v) is 5.53. The van der Waals surface area contributed by atoms with Gasteiger partial charge in [-0.15, -0.1) is 0 Å². The third-order valence-electron chi connectivity index (χ3n) is 2.58. The number of carboxylic acid groups (broad SMARTS) is 1. The van der Waals surface area contributed by atoms with E-state index in [9.17, 15) is 9.59 Å². The summed E-state index contributed by atoms with van der Waals surface area (Å²) in [6, 6.07) is 5.56. The van der Waals surface area contributed by atoms with Crippen LogP contribution in [0, 0.1) is 6.92 Å². The molecule has 1 aromatic rings.